The summed E-state index contributed by atoms with van der Waals surface area (Å²) in [7, 11) is 0. The van der Waals surface area contributed by atoms with E-state index in [2.05, 4.69) is 10.3 Å². The second kappa shape index (κ2) is 5.99. The van der Waals surface area contributed by atoms with Gasteiger partial charge in [0.2, 0.25) is 0 Å². The van der Waals surface area contributed by atoms with Crippen LogP contribution in [0, 0.1) is 12.8 Å². The molecule has 0 spiro atoms. The standard InChI is InChI=1S/C15H20N2O3S/c1-9(2)15(4,19)8-16-13(18)11-7-21-14(17-11)12-6-5-10(3)20-12/h5-7,9,19H,8H2,1-4H3,(H,16,18). The molecule has 0 saturated heterocycles. The summed E-state index contributed by atoms with van der Waals surface area (Å²) in [5.74, 6) is 1.22. The Morgan fingerprint density at radius 2 is 2.24 bits per heavy atom. The minimum Gasteiger partial charge on any atom is -0.459 e. The highest BCUT2D eigenvalue weighted by molar-refractivity contribution is 7.13. The van der Waals surface area contributed by atoms with E-state index in [9.17, 15) is 9.90 Å². The number of carbonyl (C=O) groups is 1. The van der Waals surface area contributed by atoms with Crippen molar-refractivity contribution in [1.29, 1.82) is 0 Å². The van der Waals surface area contributed by atoms with E-state index in [4.69, 9.17) is 4.42 Å². The Hall–Kier alpha value is -1.66. The van der Waals surface area contributed by atoms with Crippen LogP contribution in [0.25, 0.3) is 10.8 Å². The van der Waals surface area contributed by atoms with Gasteiger partial charge in [-0.3, -0.25) is 4.79 Å². The summed E-state index contributed by atoms with van der Waals surface area (Å²) in [6.45, 7) is 7.57. The molecule has 5 nitrogen and oxygen atoms in total. The second-order valence-electron chi connectivity index (χ2n) is 5.64. The number of carbonyl (C=O) groups excluding carboxylic acids is 1. The largest absolute Gasteiger partial charge is 0.459 e. The van der Waals surface area contributed by atoms with E-state index < -0.39 is 5.60 Å². The van der Waals surface area contributed by atoms with Gasteiger partial charge in [0.15, 0.2) is 10.8 Å². The lowest BCUT2D eigenvalue weighted by atomic mass is 9.92. The number of nitrogens with zero attached hydrogens (tertiary/aromatic N) is 1. The van der Waals surface area contributed by atoms with Crippen molar-refractivity contribution < 1.29 is 14.3 Å². The van der Waals surface area contributed by atoms with E-state index in [1.165, 1.54) is 11.3 Å². The molecule has 0 aliphatic rings. The molecule has 1 amide bonds. The third-order valence-corrected chi connectivity index (χ3v) is 4.40. The number of aryl methyl sites for hydroxylation is 1. The van der Waals surface area contributed by atoms with E-state index in [0.717, 1.165) is 5.76 Å². The van der Waals surface area contributed by atoms with Gasteiger partial charge in [-0.05, 0) is 31.9 Å². The lowest BCUT2D eigenvalue weighted by molar-refractivity contribution is 0.0142. The molecule has 1 atom stereocenters. The topological polar surface area (TPSA) is 75.4 Å². The first kappa shape index (κ1) is 15.7. The van der Waals surface area contributed by atoms with Crippen LogP contribution in [0.15, 0.2) is 21.9 Å². The normalized spacial score (nSPS) is 14.2. The Balaban J connectivity index is 2.03. The lowest BCUT2D eigenvalue weighted by Gasteiger charge is -2.27. The maximum atomic E-state index is 12.1. The van der Waals surface area contributed by atoms with Gasteiger partial charge in [0.05, 0.1) is 5.60 Å². The zero-order valence-corrected chi connectivity index (χ0v) is 13.5. The molecule has 21 heavy (non-hydrogen) atoms. The van der Waals surface area contributed by atoms with Crippen molar-refractivity contribution in [3.8, 4) is 10.8 Å². The van der Waals surface area contributed by atoms with Crippen LogP contribution < -0.4 is 5.32 Å². The Morgan fingerprint density at radius 1 is 1.52 bits per heavy atom. The molecule has 114 valence electrons. The fourth-order valence-corrected chi connectivity index (χ4v) is 2.35. The van der Waals surface area contributed by atoms with Gasteiger partial charge < -0.3 is 14.8 Å². The minimum atomic E-state index is -0.938. The highest BCUT2D eigenvalue weighted by Crippen LogP contribution is 2.25. The van der Waals surface area contributed by atoms with E-state index in [-0.39, 0.29) is 18.4 Å². The van der Waals surface area contributed by atoms with Gasteiger partial charge in [0.1, 0.15) is 11.5 Å². The van der Waals surface area contributed by atoms with Crippen LogP contribution in [0.3, 0.4) is 0 Å². The quantitative estimate of drug-likeness (QED) is 0.890. The molecule has 2 N–H and O–H groups in total. The van der Waals surface area contributed by atoms with Crippen molar-refractivity contribution in [2.75, 3.05) is 6.54 Å². The van der Waals surface area contributed by atoms with Crippen LogP contribution in [0.4, 0.5) is 0 Å². The Labute approximate surface area is 128 Å². The van der Waals surface area contributed by atoms with Crippen LogP contribution in [0.5, 0.6) is 0 Å². The summed E-state index contributed by atoms with van der Waals surface area (Å²) in [6, 6.07) is 3.69. The zero-order valence-electron chi connectivity index (χ0n) is 12.6. The van der Waals surface area contributed by atoms with Crippen LogP contribution in [0.1, 0.15) is 37.0 Å². The second-order valence-corrected chi connectivity index (χ2v) is 6.50. The molecule has 0 aliphatic carbocycles. The third-order valence-electron chi connectivity index (χ3n) is 3.54. The summed E-state index contributed by atoms with van der Waals surface area (Å²) in [5.41, 5.74) is -0.601. The molecule has 0 aliphatic heterocycles. The van der Waals surface area contributed by atoms with Crippen LogP contribution in [-0.4, -0.2) is 28.1 Å². The number of aromatic nitrogens is 1. The first-order chi connectivity index (χ1) is 9.79. The summed E-state index contributed by atoms with van der Waals surface area (Å²) in [4.78, 5) is 16.3. The molecule has 0 saturated carbocycles. The molecule has 2 rings (SSSR count). The summed E-state index contributed by atoms with van der Waals surface area (Å²) < 4.78 is 5.48. The van der Waals surface area contributed by atoms with E-state index in [1.807, 2.05) is 32.9 Å². The predicted molar refractivity (Wildman–Crippen MR) is 82.3 cm³/mol. The number of hydrogen-bond donors (Lipinski definition) is 2. The van der Waals surface area contributed by atoms with Crippen LogP contribution >= 0.6 is 11.3 Å². The maximum Gasteiger partial charge on any atom is 0.270 e. The molecule has 0 fully saturated rings. The average Bonchev–Trinajstić information content (AvgIpc) is 3.04. The molecule has 2 aromatic rings. The number of furan rings is 1. The maximum absolute atomic E-state index is 12.1. The summed E-state index contributed by atoms with van der Waals surface area (Å²) >= 11 is 1.36. The SMILES string of the molecule is Cc1ccc(-c2nc(C(=O)NCC(C)(O)C(C)C)cs2)o1. The Morgan fingerprint density at radius 3 is 2.81 bits per heavy atom. The molecule has 0 radical (unpaired) electrons. The highest BCUT2D eigenvalue weighted by atomic mass is 32.1. The highest BCUT2D eigenvalue weighted by Gasteiger charge is 2.26. The summed E-state index contributed by atoms with van der Waals surface area (Å²) in [6.07, 6.45) is 0. The Kier molecular flexibility index (Phi) is 4.49. The number of amides is 1. The number of nitrogens with one attached hydrogen (secondary N) is 1. The number of rotatable bonds is 5. The van der Waals surface area contributed by atoms with Gasteiger partial charge in [-0.25, -0.2) is 4.98 Å². The van der Waals surface area contributed by atoms with Crippen molar-refractivity contribution in [1.82, 2.24) is 10.3 Å². The van der Waals surface area contributed by atoms with Crippen molar-refractivity contribution >= 4 is 17.2 Å². The molecular weight excluding hydrogens is 288 g/mol. The molecule has 6 heteroatoms. The molecule has 2 aromatic heterocycles. The third kappa shape index (κ3) is 3.71. The predicted octanol–water partition coefficient (Wildman–Crippen LogP) is 2.85. The molecule has 2 heterocycles. The Bertz CT molecular complexity index is 628. The van der Waals surface area contributed by atoms with E-state index >= 15 is 0 Å². The molecular formula is C15H20N2O3S. The fraction of sp³-hybridized carbons (Fsp3) is 0.467. The van der Waals surface area contributed by atoms with Crippen LogP contribution in [-0.2, 0) is 0 Å². The minimum absolute atomic E-state index is 0.0508. The fourth-order valence-electron chi connectivity index (χ4n) is 1.59. The number of thiazole rings is 1. The van der Waals surface area contributed by atoms with Gasteiger partial charge in [-0.15, -0.1) is 11.3 Å². The van der Waals surface area contributed by atoms with Gasteiger partial charge in [-0.1, -0.05) is 13.8 Å². The van der Waals surface area contributed by atoms with Crippen molar-refractivity contribution in [2.24, 2.45) is 5.92 Å². The van der Waals surface area contributed by atoms with Crippen molar-refractivity contribution in [3.05, 3.63) is 29.0 Å². The van der Waals surface area contributed by atoms with E-state index in [1.54, 1.807) is 12.3 Å². The van der Waals surface area contributed by atoms with Crippen LogP contribution in [0.2, 0.25) is 0 Å². The number of aliphatic hydroxyl groups is 1. The average molecular weight is 308 g/mol. The van der Waals surface area contributed by atoms with Crippen molar-refractivity contribution in [3.63, 3.8) is 0 Å². The van der Waals surface area contributed by atoms with Gasteiger partial charge in [0.25, 0.3) is 5.91 Å². The first-order valence-electron chi connectivity index (χ1n) is 6.82. The van der Waals surface area contributed by atoms with Gasteiger partial charge >= 0.3 is 0 Å². The molecule has 0 bridgehead atoms. The molecule has 1 unspecified atom stereocenters. The van der Waals surface area contributed by atoms with E-state index in [0.29, 0.717) is 16.5 Å². The van der Waals surface area contributed by atoms with Gasteiger partial charge in [-0.2, -0.15) is 0 Å². The lowest BCUT2D eigenvalue weighted by Crippen LogP contribution is -2.44. The first-order valence-corrected chi connectivity index (χ1v) is 7.70. The van der Waals surface area contributed by atoms with Gasteiger partial charge in [0, 0.05) is 11.9 Å². The van der Waals surface area contributed by atoms with Crippen molar-refractivity contribution in [2.45, 2.75) is 33.3 Å². The number of hydrogen-bond acceptors (Lipinski definition) is 5. The zero-order chi connectivity index (χ0) is 15.6. The smallest absolute Gasteiger partial charge is 0.270 e. The molecule has 0 aromatic carbocycles. The summed E-state index contributed by atoms with van der Waals surface area (Å²) in [5, 5.41) is 15.2. The monoisotopic (exact) mass is 308 g/mol.